The Morgan fingerprint density at radius 3 is 2.08 bits per heavy atom. The maximum Gasteiger partial charge on any atom is 0.416 e. The Kier molecular flexibility index (Phi) is 9.16. The highest BCUT2D eigenvalue weighted by atomic mass is 19.4. The number of unbranched alkanes of at least 4 members (excludes halogenated alkanes) is 5. The van der Waals surface area contributed by atoms with Gasteiger partial charge in [-0.25, -0.2) is 4.79 Å². The van der Waals surface area contributed by atoms with E-state index in [1.807, 2.05) is 0 Å². The third-order valence-electron chi connectivity index (χ3n) is 4.04. The molecule has 26 heavy (non-hydrogen) atoms. The van der Waals surface area contributed by atoms with Crippen LogP contribution in [-0.4, -0.2) is 18.0 Å². The van der Waals surface area contributed by atoms with Gasteiger partial charge in [-0.05, 0) is 50.5 Å². The molecule has 0 fully saturated rings. The predicted molar refractivity (Wildman–Crippen MR) is 92.5 cm³/mol. The van der Waals surface area contributed by atoms with Crippen molar-refractivity contribution in [3.63, 3.8) is 0 Å². The second-order valence-corrected chi connectivity index (χ2v) is 6.42. The SMILES string of the molecule is CC(CCCCCCCCC(N)=O)OC(=O)c1ccc(C(F)(F)F)cc1. The molecule has 0 bridgehead atoms. The van der Waals surface area contributed by atoms with Crippen LogP contribution in [0.15, 0.2) is 24.3 Å². The monoisotopic (exact) mass is 373 g/mol. The van der Waals surface area contributed by atoms with Crippen LogP contribution < -0.4 is 5.73 Å². The van der Waals surface area contributed by atoms with Gasteiger partial charge in [0.2, 0.25) is 5.91 Å². The summed E-state index contributed by atoms with van der Waals surface area (Å²) in [6, 6.07) is 4.01. The maximum atomic E-state index is 12.5. The summed E-state index contributed by atoms with van der Waals surface area (Å²) >= 11 is 0. The summed E-state index contributed by atoms with van der Waals surface area (Å²) < 4.78 is 42.8. The normalized spacial score (nSPS) is 12.6. The van der Waals surface area contributed by atoms with Crippen LogP contribution in [0.5, 0.6) is 0 Å². The van der Waals surface area contributed by atoms with Crippen LogP contribution in [-0.2, 0) is 15.7 Å². The summed E-state index contributed by atoms with van der Waals surface area (Å²) in [5.74, 6) is -0.883. The van der Waals surface area contributed by atoms with Crippen LogP contribution in [0.3, 0.4) is 0 Å². The van der Waals surface area contributed by atoms with Gasteiger partial charge in [0.25, 0.3) is 0 Å². The van der Waals surface area contributed by atoms with Gasteiger partial charge >= 0.3 is 12.1 Å². The second-order valence-electron chi connectivity index (χ2n) is 6.42. The number of nitrogens with two attached hydrogens (primary N) is 1. The van der Waals surface area contributed by atoms with Gasteiger partial charge in [-0.2, -0.15) is 13.2 Å². The lowest BCUT2D eigenvalue weighted by Gasteiger charge is -2.13. The van der Waals surface area contributed by atoms with Gasteiger partial charge in [0, 0.05) is 6.42 Å². The van der Waals surface area contributed by atoms with Crippen molar-refractivity contribution < 1.29 is 27.5 Å². The minimum atomic E-state index is -4.42. The third kappa shape index (κ3) is 8.87. The molecule has 4 nitrogen and oxygen atoms in total. The largest absolute Gasteiger partial charge is 0.459 e. The fourth-order valence-corrected chi connectivity index (χ4v) is 2.54. The second kappa shape index (κ2) is 10.8. The molecular weight excluding hydrogens is 347 g/mol. The smallest absolute Gasteiger partial charge is 0.416 e. The molecule has 0 aliphatic carbocycles. The lowest BCUT2D eigenvalue weighted by atomic mass is 10.1. The molecule has 146 valence electrons. The van der Waals surface area contributed by atoms with Crippen molar-refractivity contribution in [2.75, 3.05) is 0 Å². The fraction of sp³-hybridized carbons (Fsp3) is 0.579. The van der Waals surface area contributed by atoms with Gasteiger partial charge in [0.05, 0.1) is 17.2 Å². The average Bonchev–Trinajstić information content (AvgIpc) is 2.56. The summed E-state index contributed by atoms with van der Waals surface area (Å²) in [6.45, 7) is 1.77. The molecule has 2 N–H and O–H groups in total. The molecular formula is C19H26F3NO3. The van der Waals surface area contributed by atoms with E-state index >= 15 is 0 Å². The topological polar surface area (TPSA) is 69.4 Å². The van der Waals surface area contributed by atoms with E-state index in [-0.39, 0.29) is 17.6 Å². The molecule has 1 atom stereocenters. The molecule has 7 heteroatoms. The first-order valence-electron chi connectivity index (χ1n) is 8.86. The van der Waals surface area contributed by atoms with Crippen molar-refractivity contribution in [1.82, 2.24) is 0 Å². The van der Waals surface area contributed by atoms with Gasteiger partial charge in [-0.3, -0.25) is 4.79 Å². The zero-order valence-electron chi connectivity index (χ0n) is 15.0. The molecule has 0 aliphatic heterocycles. The van der Waals surface area contributed by atoms with E-state index in [0.717, 1.165) is 62.8 Å². The number of benzene rings is 1. The molecule has 0 aromatic heterocycles. The van der Waals surface area contributed by atoms with Crippen LogP contribution in [0, 0.1) is 0 Å². The van der Waals surface area contributed by atoms with E-state index in [4.69, 9.17) is 10.5 Å². The lowest BCUT2D eigenvalue weighted by molar-refractivity contribution is -0.137. The Labute approximate surface area is 151 Å². The van der Waals surface area contributed by atoms with Crippen molar-refractivity contribution in [3.05, 3.63) is 35.4 Å². The fourth-order valence-electron chi connectivity index (χ4n) is 2.54. The molecule has 0 saturated heterocycles. The van der Waals surface area contributed by atoms with E-state index in [9.17, 15) is 22.8 Å². The van der Waals surface area contributed by atoms with Gasteiger partial charge in [-0.1, -0.05) is 25.7 Å². The van der Waals surface area contributed by atoms with Gasteiger partial charge in [0.15, 0.2) is 0 Å². The Morgan fingerprint density at radius 2 is 1.54 bits per heavy atom. The summed E-state index contributed by atoms with van der Waals surface area (Å²) in [5, 5.41) is 0. The lowest BCUT2D eigenvalue weighted by Crippen LogP contribution is -2.15. The number of amides is 1. The van der Waals surface area contributed by atoms with Crippen LogP contribution in [0.4, 0.5) is 13.2 Å². The maximum absolute atomic E-state index is 12.5. The minimum Gasteiger partial charge on any atom is -0.459 e. The van der Waals surface area contributed by atoms with Crippen molar-refractivity contribution >= 4 is 11.9 Å². The molecule has 0 heterocycles. The number of primary amides is 1. The molecule has 1 rings (SSSR count). The minimum absolute atomic E-state index is 0.110. The number of carbonyl (C=O) groups excluding carboxylic acids is 2. The predicted octanol–water partition coefficient (Wildman–Crippen LogP) is 4.86. The van der Waals surface area contributed by atoms with Gasteiger partial charge < -0.3 is 10.5 Å². The van der Waals surface area contributed by atoms with Crippen LogP contribution in [0.25, 0.3) is 0 Å². The molecule has 0 aliphatic rings. The first-order valence-corrected chi connectivity index (χ1v) is 8.86. The summed E-state index contributed by atoms with van der Waals surface area (Å²) in [5.41, 5.74) is 4.38. The van der Waals surface area contributed by atoms with Crippen LogP contribution in [0.2, 0.25) is 0 Å². The highest BCUT2D eigenvalue weighted by molar-refractivity contribution is 5.89. The van der Waals surface area contributed by atoms with Crippen molar-refractivity contribution in [2.45, 2.75) is 70.6 Å². The average molecular weight is 373 g/mol. The van der Waals surface area contributed by atoms with Crippen LogP contribution >= 0.6 is 0 Å². The number of esters is 1. The van der Waals surface area contributed by atoms with Crippen molar-refractivity contribution in [3.8, 4) is 0 Å². The number of hydrogen-bond acceptors (Lipinski definition) is 3. The van der Waals surface area contributed by atoms with Crippen molar-refractivity contribution in [1.29, 1.82) is 0 Å². The molecule has 1 unspecified atom stereocenters. The number of carbonyl (C=O) groups is 2. The van der Waals surface area contributed by atoms with Crippen LogP contribution in [0.1, 0.15) is 74.2 Å². The van der Waals surface area contributed by atoms with E-state index in [0.29, 0.717) is 12.8 Å². The molecule has 0 radical (unpaired) electrons. The first kappa shape index (κ1) is 22.0. The molecule has 1 amide bonds. The number of halogens is 3. The standard InChI is InChI=1S/C19H26F3NO3/c1-14(8-6-4-2-3-5-7-9-17(23)24)26-18(25)15-10-12-16(13-11-15)19(20,21)22/h10-14H,2-9H2,1H3,(H2,23,24). The first-order chi connectivity index (χ1) is 12.2. The zero-order chi connectivity index (χ0) is 19.6. The van der Waals surface area contributed by atoms with E-state index < -0.39 is 17.7 Å². The van der Waals surface area contributed by atoms with Gasteiger partial charge in [-0.15, -0.1) is 0 Å². The van der Waals surface area contributed by atoms with Crippen molar-refractivity contribution in [2.24, 2.45) is 5.73 Å². The quantitative estimate of drug-likeness (QED) is 0.445. The highest BCUT2D eigenvalue weighted by Gasteiger charge is 2.30. The number of hydrogen-bond donors (Lipinski definition) is 1. The van der Waals surface area contributed by atoms with E-state index in [1.54, 1.807) is 6.92 Å². The summed E-state index contributed by atoms with van der Waals surface area (Å²) in [4.78, 5) is 22.5. The number of ether oxygens (including phenoxy) is 1. The Bertz CT molecular complexity index is 570. The van der Waals surface area contributed by atoms with Gasteiger partial charge in [0.1, 0.15) is 0 Å². The number of alkyl halides is 3. The summed E-state index contributed by atoms with van der Waals surface area (Å²) in [7, 11) is 0. The van der Waals surface area contributed by atoms with E-state index in [1.165, 1.54) is 0 Å². The zero-order valence-corrected chi connectivity index (χ0v) is 15.0. The molecule has 1 aromatic rings. The Balaban J connectivity index is 2.21. The molecule has 1 aromatic carbocycles. The summed E-state index contributed by atoms with van der Waals surface area (Å²) in [6.07, 6.45) is 2.18. The highest BCUT2D eigenvalue weighted by Crippen LogP contribution is 2.29. The third-order valence-corrected chi connectivity index (χ3v) is 4.04. The molecule has 0 saturated carbocycles. The number of rotatable bonds is 11. The Morgan fingerprint density at radius 1 is 1.00 bits per heavy atom. The van der Waals surface area contributed by atoms with E-state index in [2.05, 4.69) is 0 Å². The Hall–Kier alpha value is -2.05. The molecule has 0 spiro atoms.